The fourth-order valence-corrected chi connectivity index (χ4v) is 2.97. The third kappa shape index (κ3) is 6.32. The Kier molecular flexibility index (Phi) is 8.19. The van der Waals surface area contributed by atoms with Gasteiger partial charge in [0, 0.05) is 43.9 Å². The van der Waals surface area contributed by atoms with Gasteiger partial charge in [-0.15, -0.1) is 0 Å². The third-order valence-corrected chi connectivity index (χ3v) is 4.48. The molecule has 0 unspecified atom stereocenters. The Morgan fingerprint density at radius 2 is 1.70 bits per heavy atom. The molecule has 1 aromatic carbocycles. The monoisotopic (exact) mass is 379 g/mol. The molecule has 0 spiro atoms. The van der Waals surface area contributed by atoms with Crippen molar-refractivity contribution in [3.8, 4) is 11.5 Å². The van der Waals surface area contributed by atoms with Crippen LogP contribution in [0.15, 0.2) is 18.2 Å². The van der Waals surface area contributed by atoms with E-state index in [1.807, 2.05) is 6.92 Å². The van der Waals surface area contributed by atoms with Gasteiger partial charge in [-0.1, -0.05) is 0 Å². The Morgan fingerprint density at radius 1 is 1.07 bits per heavy atom. The zero-order valence-electron chi connectivity index (χ0n) is 16.2. The first kappa shape index (κ1) is 20.8. The number of piperidine rings is 1. The second-order valence-electron chi connectivity index (χ2n) is 6.27. The Bertz CT molecular complexity index is 608. The number of rotatable bonds is 8. The van der Waals surface area contributed by atoms with Gasteiger partial charge < -0.3 is 29.7 Å². The smallest absolute Gasteiger partial charge is 0.409 e. The molecule has 1 saturated heterocycles. The van der Waals surface area contributed by atoms with E-state index in [-0.39, 0.29) is 12.0 Å². The Hall–Kier alpha value is -2.48. The van der Waals surface area contributed by atoms with Crippen LogP contribution in [0.4, 0.5) is 4.79 Å². The Balaban J connectivity index is 1.70. The summed E-state index contributed by atoms with van der Waals surface area (Å²) in [7, 11) is 3.10. The number of hydrogen-bond donors (Lipinski definition) is 2. The van der Waals surface area contributed by atoms with Gasteiger partial charge in [0.1, 0.15) is 11.5 Å². The molecule has 8 heteroatoms. The zero-order valence-corrected chi connectivity index (χ0v) is 16.2. The number of nitrogens with one attached hydrogen (secondary N) is 2. The number of likely N-dealkylation sites (tertiary alicyclic amines) is 1. The lowest BCUT2D eigenvalue weighted by molar-refractivity contribution is 0.0930. The highest BCUT2D eigenvalue weighted by Gasteiger charge is 2.23. The summed E-state index contributed by atoms with van der Waals surface area (Å²) in [4.78, 5) is 25.7. The van der Waals surface area contributed by atoms with Gasteiger partial charge in [0.05, 0.1) is 20.8 Å². The fraction of sp³-hybridized carbons (Fsp3) is 0.579. The van der Waals surface area contributed by atoms with Gasteiger partial charge in [-0.25, -0.2) is 4.79 Å². The average molecular weight is 379 g/mol. The summed E-state index contributed by atoms with van der Waals surface area (Å²) in [5.74, 6) is 0.975. The van der Waals surface area contributed by atoms with E-state index in [1.54, 1.807) is 37.3 Å². The highest BCUT2D eigenvalue weighted by atomic mass is 16.6. The number of carbonyl (C=O) groups is 2. The quantitative estimate of drug-likeness (QED) is 0.668. The van der Waals surface area contributed by atoms with Crippen molar-refractivity contribution in [2.75, 3.05) is 47.0 Å². The molecule has 8 nitrogen and oxygen atoms in total. The van der Waals surface area contributed by atoms with E-state index in [0.717, 1.165) is 12.8 Å². The Morgan fingerprint density at radius 3 is 2.26 bits per heavy atom. The maximum absolute atomic E-state index is 12.3. The minimum absolute atomic E-state index is 0.175. The predicted molar refractivity (Wildman–Crippen MR) is 101 cm³/mol. The molecular weight excluding hydrogens is 350 g/mol. The van der Waals surface area contributed by atoms with Crippen LogP contribution in [0.3, 0.4) is 0 Å². The van der Waals surface area contributed by atoms with E-state index in [0.29, 0.717) is 55.9 Å². The van der Waals surface area contributed by atoms with Crippen LogP contribution in [0.25, 0.3) is 0 Å². The average Bonchev–Trinajstić information content (AvgIpc) is 2.71. The van der Waals surface area contributed by atoms with Crippen molar-refractivity contribution in [2.45, 2.75) is 25.8 Å². The first-order chi connectivity index (χ1) is 13.1. The summed E-state index contributed by atoms with van der Waals surface area (Å²) >= 11 is 0. The first-order valence-electron chi connectivity index (χ1n) is 9.23. The van der Waals surface area contributed by atoms with Crippen molar-refractivity contribution >= 4 is 12.0 Å². The van der Waals surface area contributed by atoms with E-state index in [1.165, 1.54) is 0 Å². The molecule has 1 aliphatic rings. The lowest BCUT2D eigenvalue weighted by Crippen LogP contribution is -2.46. The largest absolute Gasteiger partial charge is 0.497 e. The van der Waals surface area contributed by atoms with Crippen molar-refractivity contribution < 1.29 is 23.8 Å². The lowest BCUT2D eigenvalue weighted by atomic mass is 10.1. The van der Waals surface area contributed by atoms with Crippen LogP contribution in [-0.2, 0) is 4.74 Å². The van der Waals surface area contributed by atoms with Crippen LogP contribution in [-0.4, -0.2) is 69.9 Å². The lowest BCUT2D eigenvalue weighted by Gasteiger charge is -2.31. The normalized spacial score (nSPS) is 14.6. The van der Waals surface area contributed by atoms with Crippen molar-refractivity contribution in [1.82, 2.24) is 15.5 Å². The summed E-state index contributed by atoms with van der Waals surface area (Å²) in [6.45, 7) is 4.75. The summed E-state index contributed by atoms with van der Waals surface area (Å²) in [6.07, 6.45) is 1.51. The molecule has 0 radical (unpaired) electrons. The molecule has 1 heterocycles. The maximum atomic E-state index is 12.3. The molecule has 0 aliphatic carbocycles. The van der Waals surface area contributed by atoms with Crippen molar-refractivity contribution in [3.05, 3.63) is 23.8 Å². The van der Waals surface area contributed by atoms with Crippen LogP contribution in [0, 0.1) is 0 Å². The van der Waals surface area contributed by atoms with E-state index < -0.39 is 0 Å². The van der Waals surface area contributed by atoms with E-state index in [9.17, 15) is 9.59 Å². The van der Waals surface area contributed by atoms with E-state index in [2.05, 4.69) is 10.6 Å². The van der Waals surface area contributed by atoms with Gasteiger partial charge >= 0.3 is 6.09 Å². The second-order valence-corrected chi connectivity index (χ2v) is 6.27. The predicted octanol–water partition coefficient (Wildman–Crippen LogP) is 1.64. The van der Waals surface area contributed by atoms with Gasteiger partial charge in [0.2, 0.25) is 0 Å². The maximum Gasteiger partial charge on any atom is 0.409 e. The number of carbonyl (C=O) groups excluding carboxylic acids is 2. The molecule has 1 aliphatic heterocycles. The summed E-state index contributed by atoms with van der Waals surface area (Å²) in [6, 6.07) is 5.41. The molecule has 2 rings (SSSR count). The molecule has 27 heavy (non-hydrogen) atoms. The molecule has 2 amide bonds. The highest BCUT2D eigenvalue weighted by molar-refractivity contribution is 5.95. The van der Waals surface area contributed by atoms with Gasteiger partial charge in [-0.3, -0.25) is 4.79 Å². The molecule has 150 valence electrons. The van der Waals surface area contributed by atoms with E-state index in [4.69, 9.17) is 14.2 Å². The number of hydrogen-bond acceptors (Lipinski definition) is 6. The number of benzene rings is 1. The molecule has 0 aromatic heterocycles. The summed E-state index contributed by atoms with van der Waals surface area (Å²) in [5, 5.41) is 6.31. The topological polar surface area (TPSA) is 89.1 Å². The Labute approximate surface area is 160 Å². The number of nitrogens with zero attached hydrogens (tertiary/aromatic N) is 1. The SMILES string of the molecule is CCOC(=O)N1CCC(NCCNC(=O)c2cc(OC)cc(OC)c2)CC1. The molecule has 1 fully saturated rings. The minimum Gasteiger partial charge on any atom is -0.497 e. The van der Waals surface area contributed by atoms with Crippen molar-refractivity contribution in [1.29, 1.82) is 0 Å². The van der Waals surface area contributed by atoms with Crippen molar-refractivity contribution in [2.24, 2.45) is 0 Å². The van der Waals surface area contributed by atoms with Crippen LogP contribution < -0.4 is 20.1 Å². The standard InChI is InChI=1S/C19H29N3O5/c1-4-27-19(24)22-9-5-15(6-10-22)20-7-8-21-18(23)14-11-16(25-2)13-17(12-14)26-3/h11-13,15,20H,4-10H2,1-3H3,(H,21,23). The number of ether oxygens (including phenoxy) is 3. The van der Waals surface area contributed by atoms with Crippen molar-refractivity contribution in [3.63, 3.8) is 0 Å². The van der Waals surface area contributed by atoms with Gasteiger partial charge in [-0.2, -0.15) is 0 Å². The first-order valence-corrected chi connectivity index (χ1v) is 9.23. The highest BCUT2D eigenvalue weighted by Crippen LogP contribution is 2.22. The molecule has 0 atom stereocenters. The molecule has 1 aromatic rings. The number of methoxy groups -OCH3 is 2. The van der Waals surface area contributed by atoms with Crippen LogP contribution in [0.5, 0.6) is 11.5 Å². The van der Waals surface area contributed by atoms with Gasteiger partial charge in [0.25, 0.3) is 5.91 Å². The van der Waals surface area contributed by atoms with E-state index >= 15 is 0 Å². The fourth-order valence-electron chi connectivity index (χ4n) is 2.97. The molecule has 2 N–H and O–H groups in total. The number of amides is 2. The molecular formula is C19H29N3O5. The van der Waals surface area contributed by atoms with Crippen LogP contribution >= 0.6 is 0 Å². The minimum atomic E-state index is -0.239. The van der Waals surface area contributed by atoms with Gasteiger partial charge in [0.15, 0.2) is 0 Å². The molecule has 0 saturated carbocycles. The third-order valence-electron chi connectivity index (χ3n) is 4.48. The summed E-state index contributed by atoms with van der Waals surface area (Å²) < 4.78 is 15.4. The van der Waals surface area contributed by atoms with Gasteiger partial charge in [-0.05, 0) is 31.9 Å². The van der Waals surface area contributed by atoms with Crippen LogP contribution in [0.1, 0.15) is 30.1 Å². The second kappa shape index (κ2) is 10.6. The zero-order chi connectivity index (χ0) is 19.6. The molecule has 0 bridgehead atoms. The summed E-state index contributed by atoms with van der Waals surface area (Å²) in [5.41, 5.74) is 0.494. The van der Waals surface area contributed by atoms with Crippen LogP contribution in [0.2, 0.25) is 0 Å².